The van der Waals surface area contributed by atoms with Gasteiger partial charge in [0.15, 0.2) is 0 Å². The van der Waals surface area contributed by atoms with E-state index < -0.39 is 22.2 Å². The molecule has 0 N–H and O–H groups in total. The summed E-state index contributed by atoms with van der Waals surface area (Å²) >= 11 is 0. The zero-order valence-corrected chi connectivity index (χ0v) is 12.6. The second kappa shape index (κ2) is 6.84. The molecule has 7 nitrogen and oxygen atoms in total. The fourth-order valence-electron chi connectivity index (χ4n) is 2.58. The van der Waals surface area contributed by atoms with E-state index in [9.17, 15) is 13.2 Å². The van der Waals surface area contributed by atoms with Crippen LogP contribution >= 0.6 is 0 Å². The molecule has 2 saturated heterocycles. The van der Waals surface area contributed by atoms with Gasteiger partial charge in [-0.1, -0.05) is 0 Å². The lowest BCUT2D eigenvalue weighted by molar-refractivity contribution is -0.148. The molecule has 2 fully saturated rings. The Morgan fingerprint density at radius 2 is 1.95 bits per heavy atom. The minimum Gasteiger partial charge on any atom is -0.465 e. The lowest BCUT2D eigenvalue weighted by Gasteiger charge is -2.37. The molecule has 0 aromatic heterocycles. The summed E-state index contributed by atoms with van der Waals surface area (Å²) in [5, 5.41) is 0. The molecule has 0 saturated carbocycles. The van der Waals surface area contributed by atoms with Gasteiger partial charge in [0.1, 0.15) is 6.04 Å². The molecule has 2 aliphatic heterocycles. The number of hydrogen-bond acceptors (Lipinski definition) is 5. The molecule has 1 unspecified atom stereocenters. The number of piperidine rings is 1. The monoisotopic (exact) mass is 306 g/mol. The third-order valence-corrected chi connectivity index (χ3v) is 5.65. The van der Waals surface area contributed by atoms with Crippen LogP contribution < -0.4 is 0 Å². The van der Waals surface area contributed by atoms with E-state index >= 15 is 0 Å². The van der Waals surface area contributed by atoms with Crippen LogP contribution in [0.15, 0.2) is 0 Å². The lowest BCUT2D eigenvalue weighted by Crippen LogP contribution is -2.55. The maximum Gasteiger partial charge on any atom is 0.324 e. The predicted octanol–water partition coefficient (Wildman–Crippen LogP) is -0.0190. The molecule has 2 rings (SSSR count). The molecule has 0 spiro atoms. The van der Waals surface area contributed by atoms with Gasteiger partial charge >= 0.3 is 5.97 Å². The lowest BCUT2D eigenvalue weighted by atomic mass is 10.1. The van der Waals surface area contributed by atoms with Crippen molar-refractivity contribution < 1.29 is 22.7 Å². The number of carbonyl (C=O) groups excluding carboxylic acids is 1. The second-order valence-electron chi connectivity index (χ2n) is 4.89. The average molecular weight is 306 g/mol. The number of ether oxygens (including phenoxy) is 2. The maximum atomic E-state index is 12.6. The van der Waals surface area contributed by atoms with Gasteiger partial charge in [0.05, 0.1) is 19.8 Å². The van der Waals surface area contributed by atoms with Crippen LogP contribution in [0.2, 0.25) is 0 Å². The number of carbonyl (C=O) groups is 1. The van der Waals surface area contributed by atoms with E-state index in [1.54, 1.807) is 6.92 Å². The summed E-state index contributed by atoms with van der Waals surface area (Å²) < 4.78 is 38.2. The highest BCUT2D eigenvalue weighted by atomic mass is 32.2. The number of rotatable bonds is 4. The standard InChI is InChI=1S/C12H22N2O5S/c1-2-19-12(15)11-5-3-4-6-14(11)20(16,17)13-7-9-18-10-8-13/h11H,2-10H2,1H3. The van der Waals surface area contributed by atoms with Crippen LogP contribution in [0.25, 0.3) is 0 Å². The Bertz CT molecular complexity index is 433. The second-order valence-corrected chi connectivity index (χ2v) is 6.77. The van der Waals surface area contributed by atoms with Gasteiger partial charge < -0.3 is 9.47 Å². The van der Waals surface area contributed by atoms with Crippen molar-refractivity contribution in [2.75, 3.05) is 39.5 Å². The molecule has 0 aromatic rings. The van der Waals surface area contributed by atoms with Gasteiger partial charge in [0, 0.05) is 19.6 Å². The van der Waals surface area contributed by atoms with Gasteiger partial charge in [-0.15, -0.1) is 0 Å². The first-order chi connectivity index (χ1) is 9.57. The Labute approximate surface area is 120 Å². The van der Waals surface area contributed by atoms with E-state index in [2.05, 4.69) is 0 Å². The largest absolute Gasteiger partial charge is 0.465 e. The van der Waals surface area contributed by atoms with Crippen LogP contribution in [0.4, 0.5) is 0 Å². The SMILES string of the molecule is CCOC(=O)C1CCCCN1S(=O)(=O)N1CCOCC1. The Hall–Kier alpha value is -0.700. The minimum absolute atomic E-state index is 0.265. The third kappa shape index (κ3) is 3.30. The van der Waals surface area contributed by atoms with Crippen molar-refractivity contribution in [1.82, 2.24) is 8.61 Å². The van der Waals surface area contributed by atoms with Crippen LogP contribution in [0.3, 0.4) is 0 Å². The maximum absolute atomic E-state index is 12.6. The molecule has 0 aromatic carbocycles. The molecule has 116 valence electrons. The van der Waals surface area contributed by atoms with Gasteiger partial charge in [-0.25, -0.2) is 0 Å². The molecule has 0 bridgehead atoms. The van der Waals surface area contributed by atoms with Gasteiger partial charge in [-0.05, 0) is 26.2 Å². The molecule has 0 aliphatic carbocycles. The molecule has 20 heavy (non-hydrogen) atoms. The molecule has 8 heteroatoms. The Morgan fingerprint density at radius 3 is 2.60 bits per heavy atom. The first-order valence-electron chi connectivity index (χ1n) is 7.08. The summed E-state index contributed by atoms with van der Waals surface area (Å²) in [5.74, 6) is -0.441. The fraction of sp³-hybridized carbons (Fsp3) is 0.917. The minimum atomic E-state index is -3.61. The third-order valence-electron chi connectivity index (χ3n) is 3.61. The van der Waals surface area contributed by atoms with Crippen molar-refractivity contribution in [1.29, 1.82) is 0 Å². The van der Waals surface area contributed by atoms with Crippen LogP contribution in [-0.4, -0.2) is 68.5 Å². The molecule has 0 amide bonds. The summed E-state index contributed by atoms with van der Waals surface area (Å²) in [6, 6.07) is -0.684. The van der Waals surface area contributed by atoms with Crippen molar-refractivity contribution in [2.45, 2.75) is 32.2 Å². The molecular weight excluding hydrogens is 284 g/mol. The van der Waals surface area contributed by atoms with Crippen molar-refractivity contribution in [3.63, 3.8) is 0 Å². The topological polar surface area (TPSA) is 76.2 Å². The first kappa shape index (κ1) is 15.7. The zero-order valence-electron chi connectivity index (χ0n) is 11.8. The average Bonchev–Trinajstić information content (AvgIpc) is 2.48. The normalized spacial score (nSPS) is 26.4. The van der Waals surface area contributed by atoms with E-state index in [4.69, 9.17) is 9.47 Å². The summed E-state index contributed by atoms with van der Waals surface area (Å²) in [6.07, 6.45) is 2.15. The van der Waals surface area contributed by atoms with Gasteiger partial charge in [-0.3, -0.25) is 4.79 Å². The van der Waals surface area contributed by atoms with Crippen molar-refractivity contribution in [3.05, 3.63) is 0 Å². The number of morpholine rings is 1. The van der Waals surface area contributed by atoms with Crippen molar-refractivity contribution in [3.8, 4) is 0 Å². The quantitative estimate of drug-likeness (QED) is 0.682. The summed E-state index contributed by atoms with van der Waals surface area (Å²) in [4.78, 5) is 12.0. The van der Waals surface area contributed by atoms with Crippen LogP contribution in [0.5, 0.6) is 0 Å². The molecule has 2 aliphatic rings. The van der Waals surface area contributed by atoms with Gasteiger partial charge in [0.25, 0.3) is 10.2 Å². The number of esters is 1. The highest BCUT2D eigenvalue weighted by Crippen LogP contribution is 2.24. The van der Waals surface area contributed by atoms with Crippen LogP contribution in [0, 0.1) is 0 Å². The fourth-order valence-corrected chi connectivity index (χ4v) is 4.36. The molecule has 1 atom stereocenters. The van der Waals surface area contributed by atoms with E-state index in [0.717, 1.165) is 12.8 Å². The van der Waals surface area contributed by atoms with Crippen LogP contribution in [-0.2, 0) is 24.5 Å². The van der Waals surface area contributed by atoms with Crippen LogP contribution in [0.1, 0.15) is 26.2 Å². The smallest absolute Gasteiger partial charge is 0.324 e. The molecular formula is C12H22N2O5S. The summed E-state index contributed by atoms with van der Waals surface area (Å²) in [5.41, 5.74) is 0. The zero-order chi connectivity index (χ0) is 14.6. The number of hydrogen-bond donors (Lipinski definition) is 0. The summed E-state index contributed by atoms with van der Waals surface area (Å²) in [6.45, 7) is 3.85. The Morgan fingerprint density at radius 1 is 1.25 bits per heavy atom. The van der Waals surface area contributed by atoms with Crippen molar-refractivity contribution >= 4 is 16.2 Å². The molecule has 2 heterocycles. The van der Waals surface area contributed by atoms with E-state index in [1.807, 2.05) is 0 Å². The van der Waals surface area contributed by atoms with E-state index in [0.29, 0.717) is 39.3 Å². The van der Waals surface area contributed by atoms with Gasteiger partial charge in [-0.2, -0.15) is 17.0 Å². The van der Waals surface area contributed by atoms with Gasteiger partial charge in [0.2, 0.25) is 0 Å². The van der Waals surface area contributed by atoms with E-state index in [-0.39, 0.29) is 6.61 Å². The highest BCUT2D eigenvalue weighted by molar-refractivity contribution is 7.86. The Balaban J connectivity index is 2.15. The molecule has 0 radical (unpaired) electrons. The van der Waals surface area contributed by atoms with E-state index in [1.165, 1.54) is 8.61 Å². The Kier molecular flexibility index (Phi) is 5.36. The number of nitrogens with zero attached hydrogens (tertiary/aromatic N) is 2. The van der Waals surface area contributed by atoms with Crippen molar-refractivity contribution in [2.24, 2.45) is 0 Å². The first-order valence-corrected chi connectivity index (χ1v) is 8.48. The summed E-state index contributed by atoms with van der Waals surface area (Å²) in [7, 11) is -3.61. The predicted molar refractivity (Wildman–Crippen MR) is 72.3 cm³/mol. The highest BCUT2D eigenvalue weighted by Gasteiger charge is 2.41.